The highest BCUT2D eigenvalue weighted by atomic mass is 16.5. The van der Waals surface area contributed by atoms with Crippen LogP contribution in [0.3, 0.4) is 0 Å². The fourth-order valence-corrected chi connectivity index (χ4v) is 7.52. The van der Waals surface area contributed by atoms with Gasteiger partial charge in [0.15, 0.2) is 0 Å². The molecule has 2 aromatic carbocycles. The number of carbonyl (C=O) groups is 2. The molecule has 3 aliphatic heterocycles. The highest BCUT2D eigenvalue weighted by Crippen LogP contribution is 2.35. The minimum Gasteiger partial charge on any atom is -0.462 e. The van der Waals surface area contributed by atoms with Crippen LogP contribution in [-0.4, -0.2) is 96.5 Å². The number of hydrogen-bond acceptors (Lipinski definition) is 8. The van der Waals surface area contributed by atoms with Crippen LogP contribution in [0.15, 0.2) is 66.7 Å². The average molecular weight is 710 g/mol. The molecular weight excluding hydrogens is 638 g/mol. The standard InChI is InChI=1S/C16H23NO2.C11H21NO2.C10H21NO.C6H6/c1-12-14(10-11-17(4)16(12,2)3)19-15(18)13-8-6-5-7-9-13;1-8(13)14-9-6-10(2,3)12-11(4,5)7-9;1-8-9(12-5)6-7-11(4)10(8,2)3;1-2-4-6-5-3-1/h5-9,12,14H,10-11H2,1-4H3;9,12H,6-7H2,1-5H3;8-9H,6-7H2,1-5H3;1-6H. The van der Waals surface area contributed by atoms with Gasteiger partial charge in [0.2, 0.25) is 0 Å². The van der Waals surface area contributed by atoms with E-state index < -0.39 is 0 Å². The lowest BCUT2D eigenvalue weighted by molar-refractivity contribution is -0.150. The Morgan fingerprint density at radius 2 is 1.06 bits per heavy atom. The Labute approximate surface area is 311 Å². The van der Waals surface area contributed by atoms with E-state index in [0.29, 0.717) is 23.5 Å². The number of carbonyl (C=O) groups excluding carboxylic acids is 2. The fourth-order valence-electron chi connectivity index (χ4n) is 7.52. The average Bonchev–Trinajstić information content (AvgIpc) is 3.05. The van der Waals surface area contributed by atoms with Crippen molar-refractivity contribution in [3.63, 3.8) is 0 Å². The molecule has 0 aromatic heterocycles. The predicted octanol–water partition coefficient (Wildman–Crippen LogP) is 8.26. The number of methoxy groups -OCH3 is 1. The van der Waals surface area contributed by atoms with E-state index in [0.717, 1.165) is 38.8 Å². The van der Waals surface area contributed by atoms with Gasteiger partial charge in [-0.05, 0) is 94.5 Å². The van der Waals surface area contributed by atoms with Gasteiger partial charge in [-0.25, -0.2) is 4.79 Å². The molecule has 0 saturated carbocycles. The second-order valence-corrected chi connectivity index (χ2v) is 17.1. The normalized spacial score (nSPS) is 26.7. The minimum atomic E-state index is -0.210. The van der Waals surface area contributed by atoms with Gasteiger partial charge in [0.05, 0.1) is 11.7 Å². The number of esters is 2. The lowest BCUT2D eigenvalue weighted by Crippen LogP contribution is -2.59. The highest BCUT2D eigenvalue weighted by molar-refractivity contribution is 5.89. The molecule has 5 rings (SSSR count). The van der Waals surface area contributed by atoms with Crippen LogP contribution in [0.25, 0.3) is 0 Å². The summed E-state index contributed by atoms with van der Waals surface area (Å²) in [5.74, 6) is 0.543. The number of nitrogens with zero attached hydrogens (tertiary/aromatic N) is 2. The molecule has 3 aliphatic rings. The Kier molecular flexibility index (Phi) is 16.8. The third kappa shape index (κ3) is 13.9. The molecule has 0 aliphatic carbocycles. The Balaban J connectivity index is 0.000000250. The first-order valence-corrected chi connectivity index (χ1v) is 18.8. The lowest BCUT2D eigenvalue weighted by Gasteiger charge is -2.48. The third-order valence-electron chi connectivity index (χ3n) is 11.5. The van der Waals surface area contributed by atoms with Crippen LogP contribution < -0.4 is 5.32 Å². The summed E-state index contributed by atoms with van der Waals surface area (Å²) in [6.07, 6.45) is 4.33. The summed E-state index contributed by atoms with van der Waals surface area (Å²) in [7, 11) is 6.15. The third-order valence-corrected chi connectivity index (χ3v) is 11.5. The van der Waals surface area contributed by atoms with Crippen LogP contribution >= 0.6 is 0 Å². The molecule has 0 spiro atoms. The van der Waals surface area contributed by atoms with Crippen molar-refractivity contribution in [1.29, 1.82) is 0 Å². The van der Waals surface area contributed by atoms with Crippen LogP contribution in [0.5, 0.6) is 0 Å². The van der Waals surface area contributed by atoms with E-state index in [1.807, 2.05) is 61.7 Å². The van der Waals surface area contributed by atoms with Crippen molar-refractivity contribution in [3.05, 3.63) is 72.3 Å². The van der Waals surface area contributed by atoms with E-state index in [2.05, 4.69) is 98.4 Å². The van der Waals surface area contributed by atoms with E-state index in [1.54, 1.807) is 12.1 Å². The zero-order chi connectivity index (χ0) is 38.6. The maximum Gasteiger partial charge on any atom is 0.338 e. The summed E-state index contributed by atoms with van der Waals surface area (Å²) >= 11 is 0. The van der Waals surface area contributed by atoms with Gasteiger partial charge in [-0.3, -0.25) is 4.79 Å². The van der Waals surface area contributed by atoms with Gasteiger partial charge in [-0.1, -0.05) is 68.4 Å². The van der Waals surface area contributed by atoms with Crippen molar-refractivity contribution in [2.75, 3.05) is 34.3 Å². The van der Waals surface area contributed by atoms with Gasteiger partial charge in [0.25, 0.3) is 0 Å². The first-order chi connectivity index (χ1) is 23.6. The van der Waals surface area contributed by atoms with Crippen molar-refractivity contribution >= 4 is 11.9 Å². The molecule has 0 radical (unpaired) electrons. The molecule has 51 heavy (non-hydrogen) atoms. The van der Waals surface area contributed by atoms with Crippen LogP contribution in [0, 0.1) is 11.8 Å². The Hall–Kier alpha value is -2.78. The molecule has 0 bridgehead atoms. The largest absolute Gasteiger partial charge is 0.462 e. The molecule has 3 fully saturated rings. The molecule has 4 unspecified atom stereocenters. The van der Waals surface area contributed by atoms with E-state index in [4.69, 9.17) is 14.2 Å². The van der Waals surface area contributed by atoms with Gasteiger partial charge in [-0.2, -0.15) is 0 Å². The zero-order valence-corrected chi connectivity index (χ0v) is 34.4. The van der Waals surface area contributed by atoms with Gasteiger partial charge in [0, 0.05) is 74.0 Å². The van der Waals surface area contributed by atoms with E-state index in [1.165, 1.54) is 6.92 Å². The Bertz CT molecular complexity index is 1270. The molecule has 8 nitrogen and oxygen atoms in total. The maximum absolute atomic E-state index is 12.1. The number of ether oxygens (including phenoxy) is 3. The molecule has 0 amide bonds. The number of hydrogen-bond donors (Lipinski definition) is 1. The quantitative estimate of drug-likeness (QED) is 0.318. The summed E-state index contributed by atoms with van der Waals surface area (Å²) in [6.45, 7) is 25.6. The van der Waals surface area contributed by atoms with Crippen LogP contribution in [0.2, 0.25) is 0 Å². The zero-order valence-electron chi connectivity index (χ0n) is 34.4. The number of rotatable bonds is 4. The molecule has 1 N–H and O–H groups in total. The summed E-state index contributed by atoms with van der Waals surface area (Å²) in [5, 5.41) is 3.54. The van der Waals surface area contributed by atoms with Crippen LogP contribution in [-0.2, 0) is 19.0 Å². The second kappa shape index (κ2) is 19.3. The first kappa shape index (κ1) is 44.4. The van der Waals surface area contributed by atoms with Gasteiger partial charge < -0.3 is 29.3 Å². The highest BCUT2D eigenvalue weighted by Gasteiger charge is 2.42. The fraction of sp³-hybridized carbons (Fsp3) is 0.674. The molecule has 3 heterocycles. The summed E-state index contributed by atoms with van der Waals surface area (Å²) in [5.41, 5.74) is 1.05. The molecule has 3 saturated heterocycles. The molecule has 8 heteroatoms. The minimum absolute atomic E-state index is 0.00101. The molecule has 4 atom stereocenters. The van der Waals surface area contributed by atoms with Crippen LogP contribution in [0.1, 0.15) is 112 Å². The summed E-state index contributed by atoms with van der Waals surface area (Å²) in [4.78, 5) is 27.8. The SMILES string of the molecule is CC(=O)OC1CC(C)(C)NC(C)(C)C1.CC1C(OC(=O)c2ccccc2)CCN(C)C1(C)C.COC1CCN(C)C(C)(C)C1C.c1ccccc1. The number of likely N-dealkylation sites (tertiary alicyclic amines) is 2. The summed E-state index contributed by atoms with van der Waals surface area (Å²) in [6, 6.07) is 21.2. The van der Waals surface area contributed by atoms with Gasteiger partial charge >= 0.3 is 11.9 Å². The number of piperidine rings is 3. The lowest BCUT2D eigenvalue weighted by atomic mass is 9.79. The van der Waals surface area contributed by atoms with E-state index in [-0.39, 0.29) is 46.3 Å². The smallest absolute Gasteiger partial charge is 0.338 e. The second-order valence-electron chi connectivity index (χ2n) is 17.1. The summed E-state index contributed by atoms with van der Waals surface area (Å²) < 4.78 is 16.5. The number of nitrogens with one attached hydrogen (secondary N) is 1. The monoisotopic (exact) mass is 710 g/mol. The van der Waals surface area contributed by atoms with E-state index >= 15 is 0 Å². The first-order valence-electron chi connectivity index (χ1n) is 18.8. The van der Waals surface area contributed by atoms with Crippen LogP contribution in [0.4, 0.5) is 0 Å². The molecular formula is C43H71N3O5. The van der Waals surface area contributed by atoms with Crippen molar-refractivity contribution in [2.45, 2.75) is 142 Å². The Morgan fingerprint density at radius 1 is 0.667 bits per heavy atom. The van der Waals surface area contributed by atoms with Crippen molar-refractivity contribution in [3.8, 4) is 0 Å². The molecule has 288 valence electrons. The molecule has 2 aromatic rings. The predicted molar refractivity (Wildman–Crippen MR) is 210 cm³/mol. The van der Waals surface area contributed by atoms with Crippen molar-refractivity contribution in [1.82, 2.24) is 15.1 Å². The van der Waals surface area contributed by atoms with Crippen molar-refractivity contribution in [2.24, 2.45) is 11.8 Å². The van der Waals surface area contributed by atoms with Gasteiger partial charge in [-0.15, -0.1) is 0 Å². The van der Waals surface area contributed by atoms with E-state index in [9.17, 15) is 9.59 Å². The topological polar surface area (TPSA) is 80.3 Å². The Morgan fingerprint density at radius 3 is 1.47 bits per heavy atom. The number of benzene rings is 2. The van der Waals surface area contributed by atoms with Gasteiger partial charge in [0.1, 0.15) is 12.2 Å². The maximum atomic E-state index is 12.1. The van der Waals surface area contributed by atoms with Crippen molar-refractivity contribution < 1.29 is 23.8 Å².